The minimum absolute atomic E-state index is 0.306. The molecule has 1 aliphatic rings. The number of amides is 1. The molecule has 0 radical (unpaired) electrons. The average Bonchev–Trinajstić information content (AvgIpc) is 2.64. The second kappa shape index (κ2) is 9.47. The minimum Gasteiger partial charge on any atom is -0.454 e. The van der Waals surface area contributed by atoms with Crippen LogP contribution in [0.1, 0.15) is 33.6 Å². The number of nitrogens with one attached hydrogen (secondary N) is 1. The third kappa shape index (κ3) is 5.75. The van der Waals surface area contributed by atoms with Gasteiger partial charge in [0, 0.05) is 13.1 Å². The standard InChI is InChI=1S/C19H27FN2O5S/c1-13(2)18(21-28(25,26)16-9-5-4-8-15(16)20)19(24)27-12-17(23)22-10-6-7-14(3)11-22/h4-5,8-9,13-14,18,21H,6-7,10-12H2,1-3H3. The maximum absolute atomic E-state index is 13.8. The average molecular weight is 414 g/mol. The lowest BCUT2D eigenvalue weighted by Gasteiger charge is -2.31. The van der Waals surface area contributed by atoms with E-state index in [1.807, 2.05) is 0 Å². The van der Waals surface area contributed by atoms with Crippen LogP contribution in [0.2, 0.25) is 0 Å². The van der Waals surface area contributed by atoms with Gasteiger partial charge in [-0.3, -0.25) is 9.59 Å². The monoisotopic (exact) mass is 414 g/mol. The molecule has 1 fully saturated rings. The van der Waals surface area contributed by atoms with Crippen molar-refractivity contribution in [1.29, 1.82) is 0 Å². The van der Waals surface area contributed by atoms with E-state index in [0.717, 1.165) is 25.0 Å². The highest BCUT2D eigenvalue weighted by Gasteiger charge is 2.32. The predicted octanol–water partition coefficient (Wildman–Crippen LogP) is 1.93. The van der Waals surface area contributed by atoms with E-state index in [4.69, 9.17) is 4.74 Å². The van der Waals surface area contributed by atoms with E-state index >= 15 is 0 Å². The lowest BCUT2D eigenvalue weighted by Crippen LogP contribution is -2.47. The van der Waals surface area contributed by atoms with Crippen LogP contribution >= 0.6 is 0 Å². The van der Waals surface area contributed by atoms with E-state index in [9.17, 15) is 22.4 Å². The van der Waals surface area contributed by atoms with Crippen LogP contribution in [-0.4, -0.2) is 50.9 Å². The largest absolute Gasteiger partial charge is 0.454 e. The first kappa shape index (κ1) is 22.3. The van der Waals surface area contributed by atoms with E-state index in [0.29, 0.717) is 19.0 Å². The molecule has 2 atom stereocenters. The molecule has 28 heavy (non-hydrogen) atoms. The van der Waals surface area contributed by atoms with Crippen LogP contribution in [0.5, 0.6) is 0 Å². The van der Waals surface area contributed by atoms with Crippen molar-refractivity contribution in [3.05, 3.63) is 30.1 Å². The summed E-state index contributed by atoms with van der Waals surface area (Å²) in [5.74, 6) is -2.16. The number of nitrogens with zero attached hydrogens (tertiary/aromatic N) is 1. The van der Waals surface area contributed by atoms with Crippen molar-refractivity contribution in [2.75, 3.05) is 19.7 Å². The van der Waals surface area contributed by atoms with Gasteiger partial charge in [-0.1, -0.05) is 32.9 Å². The first-order valence-electron chi connectivity index (χ1n) is 9.33. The van der Waals surface area contributed by atoms with Crippen molar-refractivity contribution in [2.24, 2.45) is 11.8 Å². The number of rotatable bonds is 7. The number of benzene rings is 1. The highest BCUT2D eigenvalue weighted by molar-refractivity contribution is 7.89. The molecule has 9 heteroatoms. The van der Waals surface area contributed by atoms with Crippen LogP contribution in [0.3, 0.4) is 0 Å². The number of hydrogen-bond donors (Lipinski definition) is 1. The quantitative estimate of drug-likeness (QED) is 0.688. The van der Waals surface area contributed by atoms with Crippen LogP contribution in [-0.2, 0) is 24.3 Å². The summed E-state index contributed by atoms with van der Waals surface area (Å²) in [7, 11) is -4.27. The van der Waals surface area contributed by atoms with Gasteiger partial charge < -0.3 is 9.64 Å². The fourth-order valence-corrected chi connectivity index (χ4v) is 4.49. The zero-order valence-electron chi connectivity index (χ0n) is 16.4. The van der Waals surface area contributed by atoms with Gasteiger partial charge in [0.15, 0.2) is 6.61 Å². The number of carbonyl (C=O) groups is 2. The lowest BCUT2D eigenvalue weighted by atomic mass is 10.0. The smallest absolute Gasteiger partial charge is 0.324 e. The van der Waals surface area contributed by atoms with Crippen LogP contribution in [0, 0.1) is 17.7 Å². The molecule has 2 unspecified atom stereocenters. The summed E-state index contributed by atoms with van der Waals surface area (Å²) in [5, 5.41) is 0. The van der Waals surface area contributed by atoms with Gasteiger partial charge in [-0.15, -0.1) is 0 Å². The van der Waals surface area contributed by atoms with Gasteiger partial charge in [0.25, 0.3) is 5.91 Å². The number of ether oxygens (including phenoxy) is 1. The fourth-order valence-electron chi connectivity index (χ4n) is 3.08. The highest BCUT2D eigenvalue weighted by atomic mass is 32.2. The molecular weight excluding hydrogens is 387 g/mol. The second-order valence-electron chi connectivity index (χ2n) is 7.47. The Morgan fingerprint density at radius 1 is 1.32 bits per heavy atom. The number of halogens is 1. The number of likely N-dealkylation sites (tertiary alicyclic amines) is 1. The Balaban J connectivity index is 2.02. The summed E-state index contributed by atoms with van der Waals surface area (Å²) in [6.45, 7) is 6.10. The van der Waals surface area contributed by atoms with Crippen LogP contribution < -0.4 is 4.72 Å². The molecule has 1 heterocycles. The predicted molar refractivity (Wildman–Crippen MR) is 101 cm³/mol. The summed E-state index contributed by atoms with van der Waals surface area (Å²) < 4.78 is 46.0. The topological polar surface area (TPSA) is 92.8 Å². The maximum Gasteiger partial charge on any atom is 0.324 e. The van der Waals surface area contributed by atoms with Gasteiger partial charge in [-0.05, 0) is 36.8 Å². The van der Waals surface area contributed by atoms with E-state index in [1.54, 1.807) is 18.7 Å². The molecule has 0 saturated carbocycles. The number of sulfonamides is 1. The Labute approximate surface area is 165 Å². The molecule has 1 aromatic rings. The molecule has 0 aromatic heterocycles. The maximum atomic E-state index is 13.8. The molecular formula is C19H27FN2O5S. The Morgan fingerprint density at radius 3 is 2.61 bits per heavy atom. The summed E-state index contributed by atoms with van der Waals surface area (Å²) >= 11 is 0. The molecule has 1 amide bonds. The second-order valence-corrected chi connectivity index (χ2v) is 9.15. The molecule has 0 aliphatic carbocycles. The number of piperidine rings is 1. The Kier molecular flexibility index (Phi) is 7.54. The highest BCUT2D eigenvalue weighted by Crippen LogP contribution is 2.17. The molecule has 0 spiro atoms. The van der Waals surface area contributed by atoms with Crippen LogP contribution in [0.4, 0.5) is 4.39 Å². The van der Waals surface area contributed by atoms with E-state index in [1.165, 1.54) is 12.1 Å². The van der Waals surface area contributed by atoms with Gasteiger partial charge in [-0.2, -0.15) is 4.72 Å². The summed E-state index contributed by atoms with van der Waals surface area (Å²) in [5.41, 5.74) is 0. The summed E-state index contributed by atoms with van der Waals surface area (Å²) in [6, 6.07) is 3.66. The molecule has 0 bridgehead atoms. The number of esters is 1. The SMILES string of the molecule is CC1CCCN(C(=O)COC(=O)C(NS(=O)(=O)c2ccccc2F)C(C)C)C1. The number of hydrogen-bond acceptors (Lipinski definition) is 5. The van der Waals surface area contributed by atoms with Gasteiger partial charge in [0.2, 0.25) is 10.0 Å². The Morgan fingerprint density at radius 2 is 2.00 bits per heavy atom. The van der Waals surface area contributed by atoms with Gasteiger partial charge >= 0.3 is 5.97 Å². The molecule has 156 valence electrons. The molecule has 1 saturated heterocycles. The first-order chi connectivity index (χ1) is 13.1. The fraction of sp³-hybridized carbons (Fsp3) is 0.579. The minimum atomic E-state index is -4.27. The summed E-state index contributed by atoms with van der Waals surface area (Å²) in [6.07, 6.45) is 1.95. The lowest BCUT2D eigenvalue weighted by molar-refractivity contribution is -0.154. The van der Waals surface area contributed by atoms with E-state index < -0.39 is 45.3 Å². The van der Waals surface area contributed by atoms with Crippen molar-refractivity contribution >= 4 is 21.9 Å². The first-order valence-corrected chi connectivity index (χ1v) is 10.8. The van der Waals surface area contributed by atoms with Gasteiger partial charge in [0.05, 0.1) is 0 Å². The van der Waals surface area contributed by atoms with Gasteiger partial charge in [0.1, 0.15) is 16.8 Å². The van der Waals surface area contributed by atoms with Crippen molar-refractivity contribution < 1.29 is 27.1 Å². The third-order valence-corrected chi connectivity index (χ3v) is 6.15. The molecule has 7 nitrogen and oxygen atoms in total. The molecule has 2 rings (SSSR count). The number of carbonyl (C=O) groups excluding carboxylic acids is 2. The zero-order valence-corrected chi connectivity index (χ0v) is 17.2. The van der Waals surface area contributed by atoms with Crippen molar-refractivity contribution in [3.63, 3.8) is 0 Å². The van der Waals surface area contributed by atoms with E-state index in [2.05, 4.69) is 11.6 Å². The van der Waals surface area contributed by atoms with E-state index in [-0.39, 0.29) is 5.91 Å². The summed E-state index contributed by atoms with van der Waals surface area (Å²) in [4.78, 5) is 25.8. The zero-order chi connectivity index (χ0) is 20.9. The third-order valence-electron chi connectivity index (χ3n) is 4.68. The van der Waals surface area contributed by atoms with Crippen molar-refractivity contribution in [3.8, 4) is 0 Å². The molecule has 1 aromatic carbocycles. The molecule has 1 aliphatic heterocycles. The van der Waals surface area contributed by atoms with Gasteiger partial charge in [-0.25, -0.2) is 12.8 Å². The van der Waals surface area contributed by atoms with Crippen LogP contribution in [0.15, 0.2) is 29.2 Å². The van der Waals surface area contributed by atoms with Crippen LogP contribution in [0.25, 0.3) is 0 Å². The Hall–Kier alpha value is -2.00. The normalized spacial score (nSPS) is 18.8. The van der Waals surface area contributed by atoms with Crippen molar-refractivity contribution in [2.45, 2.75) is 44.6 Å². The molecule has 1 N–H and O–H groups in total. The Bertz CT molecular complexity index is 812. The van der Waals surface area contributed by atoms with Crippen molar-refractivity contribution in [1.82, 2.24) is 9.62 Å².